The van der Waals surface area contributed by atoms with Gasteiger partial charge in [0.2, 0.25) is 5.88 Å². The zero-order valence-corrected chi connectivity index (χ0v) is 15.6. The van der Waals surface area contributed by atoms with Crippen LogP contribution >= 0.6 is 0 Å². The monoisotopic (exact) mass is 372 g/mol. The number of hydrogen-bond acceptors (Lipinski definition) is 5. The van der Waals surface area contributed by atoms with Gasteiger partial charge in [0, 0.05) is 6.07 Å². The molecule has 3 rings (SSSR count). The largest absolute Gasteiger partial charge is 0.497 e. The number of nitrogens with zero attached hydrogens (tertiary/aromatic N) is 2. The van der Waals surface area contributed by atoms with E-state index in [4.69, 9.17) is 8.92 Å². The van der Waals surface area contributed by atoms with E-state index in [0.29, 0.717) is 5.75 Å². The Morgan fingerprint density at radius 3 is 2.23 bits per heavy atom. The van der Waals surface area contributed by atoms with Crippen LogP contribution in [0, 0.1) is 0 Å². The maximum absolute atomic E-state index is 12.7. The molecular weight excluding hydrogens is 352 g/mol. The SMILES string of the molecule is COc1ccc(S(=O)(=O)Oc2cc(C(C)C)nn2-c2ccccc2)cc1. The molecule has 0 N–H and O–H groups in total. The number of aromatic nitrogens is 2. The standard InChI is InChI=1S/C19H20N2O4S/c1-14(2)18-13-19(21(20-18)15-7-5-4-6-8-15)25-26(22,23)17-11-9-16(24-3)10-12-17/h4-14H,1-3H3. The molecule has 0 saturated heterocycles. The first-order valence-electron chi connectivity index (χ1n) is 8.14. The van der Waals surface area contributed by atoms with Crippen LogP contribution in [0.2, 0.25) is 0 Å². The third-order valence-corrected chi connectivity index (χ3v) is 5.07. The molecule has 0 aliphatic rings. The molecule has 0 fully saturated rings. The zero-order chi connectivity index (χ0) is 18.7. The number of ether oxygens (including phenoxy) is 1. The predicted octanol–water partition coefficient (Wildman–Crippen LogP) is 3.77. The van der Waals surface area contributed by atoms with Gasteiger partial charge in [0.05, 0.1) is 18.5 Å². The van der Waals surface area contributed by atoms with Gasteiger partial charge in [-0.1, -0.05) is 32.0 Å². The minimum atomic E-state index is -4.00. The quantitative estimate of drug-likeness (QED) is 0.616. The summed E-state index contributed by atoms with van der Waals surface area (Å²) in [6, 6.07) is 17.0. The average molecular weight is 372 g/mol. The van der Waals surface area contributed by atoms with Crippen molar-refractivity contribution in [2.24, 2.45) is 0 Å². The maximum atomic E-state index is 12.7. The fraction of sp³-hybridized carbons (Fsp3) is 0.211. The highest BCUT2D eigenvalue weighted by molar-refractivity contribution is 7.87. The highest BCUT2D eigenvalue weighted by Crippen LogP contribution is 2.27. The molecule has 136 valence electrons. The molecule has 0 spiro atoms. The maximum Gasteiger partial charge on any atom is 0.340 e. The van der Waals surface area contributed by atoms with Gasteiger partial charge < -0.3 is 8.92 Å². The number of para-hydroxylation sites is 1. The molecule has 0 aliphatic heterocycles. The molecule has 0 unspecified atom stereocenters. The number of hydrogen-bond donors (Lipinski definition) is 0. The Labute approximate surface area is 153 Å². The van der Waals surface area contributed by atoms with Crippen LogP contribution in [0.25, 0.3) is 5.69 Å². The summed E-state index contributed by atoms with van der Waals surface area (Å²) < 4.78 is 37.3. The van der Waals surface area contributed by atoms with Crippen molar-refractivity contribution in [1.29, 1.82) is 0 Å². The zero-order valence-electron chi connectivity index (χ0n) is 14.8. The molecule has 2 aromatic carbocycles. The lowest BCUT2D eigenvalue weighted by Gasteiger charge is -2.09. The molecule has 0 saturated carbocycles. The van der Waals surface area contributed by atoms with E-state index in [2.05, 4.69) is 5.10 Å². The van der Waals surface area contributed by atoms with Crippen LogP contribution in [-0.2, 0) is 10.1 Å². The lowest BCUT2D eigenvalue weighted by Crippen LogP contribution is -2.12. The minimum Gasteiger partial charge on any atom is -0.497 e. The van der Waals surface area contributed by atoms with Gasteiger partial charge in [-0.3, -0.25) is 0 Å². The minimum absolute atomic E-state index is 0.0465. The van der Waals surface area contributed by atoms with E-state index in [9.17, 15) is 8.42 Å². The Morgan fingerprint density at radius 2 is 1.65 bits per heavy atom. The van der Waals surface area contributed by atoms with Gasteiger partial charge in [0.25, 0.3) is 0 Å². The first kappa shape index (κ1) is 18.0. The van der Waals surface area contributed by atoms with Crippen LogP contribution in [0.3, 0.4) is 0 Å². The van der Waals surface area contributed by atoms with Crippen LogP contribution in [0.15, 0.2) is 65.6 Å². The van der Waals surface area contributed by atoms with Gasteiger partial charge in [-0.05, 0) is 42.3 Å². The second kappa shape index (κ2) is 7.21. The number of benzene rings is 2. The van der Waals surface area contributed by atoms with E-state index in [1.807, 2.05) is 44.2 Å². The van der Waals surface area contributed by atoms with Crippen molar-refractivity contribution in [2.45, 2.75) is 24.7 Å². The van der Waals surface area contributed by atoms with Gasteiger partial charge in [0.15, 0.2) is 0 Å². The molecule has 1 heterocycles. The first-order valence-corrected chi connectivity index (χ1v) is 9.55. The topological polar surface area (TPSA) is 70.4 Å². The van der Waals surface area contributed by atoms with Crippen LogP contribution in [0.4, 0.5) is 0 Å². The summed E-state index contributed by atoms with van der Waals surface area (Å²) in [7, 11) is -2.48. The Kier molecular flexibility index (Phi) is 4.99. The van der Waals surface area contributed by atoms with Crippen molar-refractivity contribution in [3.63, 3.8) is 0 Å². The fourth-order valence-electron chi connectivity index (χ4n) is 2.38. The van der Waals surface area contributed by atoms with Crippen molar-refractivity contribution in [3.05, 3.63) is 66.4 Å². The van der Waals surface area contributed by atoms with Crippen molar-refractivity contribution >= 4 is 10.1 Å². The Balaban J connectivity index is 2.00. The van der Waals surface area contributed by atoms with Crippen LogP contribution < -0.4 is 8.92 Å². The molecule has 0 bridgehead atoms. The van der Waals surface area contributed by atoms with Gasteiger partial charge >= 0.3 is 10.1 Å². The van der Waals surface area contributed by atoms with Crippen molar-refractivity contribution in [3.8, 4) is 17.3 Å². The summed E-state index contributed by atoms with van der Waals surface area (Å²) in [5.41, 5.74) is 1.47. The Bertz CT molecular complexity index is 978. The van der Waals surface area contributed by atoms with E-state index in [0.717, 1.165) is 11.4 Å². The van der Waals surface area contributed by atoms with Crippen molar-refractivity contribution in [1.82, 2.24) is 9.78 Å². The molecule has 0 aliphatic carbocycles. The third-order valence-electron chi connectivity index (χ3n) is 3.83. The van der Waals surface area contributed by atoms with E-state index < -0.39 is 10.1 Å². The molecule has 6 nitrogen and oxygen atoms in total. The third kappa shape index (κ3) is 3.72. The van der Waals surface area contributed by atoms with Crippen LogP contribution in [0.5, 0.6) is 11.6 Å². The second-order valence-corrected chi connectivity index (χ2v) is 7.57. The van der Waals surface area contributed by atoms with Gasteiger partial charge in [-0.15, -0.1) is 0 Å². The molecule has 26 heavy (non-hydrogen) atoms. The molecule has 3 aromatic rings. The summed E-state index contributed by atoms with van der Waals surface area (Å²) in [5, 5.41) is 4.49. The highest BCUT2D eigenvalue weighted by Gasteiger charge is 2.22. The first-order chi connectivity index (χ1) is 12.4. The van der Waals surface area contributed by atoms with Crippen molar-refractivity contribution < 1.29 is 17.3 Å². The van der Waals surface area contributed by atoms with Gasteiger partial charge in [-0.25, -0.2) is 0 Å². The Hall–Kier alpha value is -2.80. The fourth-order valence-corrected chi connectivity index (χ4v) is 3.29. The van der Waals surface area contributed by atoms with E-state index in [1.54, 1.807) is 18.2 Å². The lowest BCUT2D eigenvalue weighted by atomic mass is 10.1. The molecular formula is C19H20N2O4S. The smallest absolute Gasteiger partial charge is 0.340 e. The number of methoxy groups -OCH3 is 1. The summed E-state index contributed by atoms with van der Waals surface area (Å²) in [4.78, 5) is 0.0465. The molecule has 1 aromatic heterocycles. The highest BCUT2D eigenvalue weighted by atomic mass is 32.2. The molecule has 0 atom stereocenters. The summed E-state index contributed by atoms with van der Waals surface area (Å²) in [6.45, 7) is 3.97. The number of rotatable bonds is 6. The predicted molar refractivity (Wildman–Crippen MR) is 98.5 cm³/mol. The van der Waals surface area contributed by atoms with E-state index in [-0.39, 0.29) is 16.7 Å². The van der Waals surface area contributed by atoms with E-state index >= 15 is 0 Å². The van der Waals surface area contributed by atoms with E-state index in [1.165, 1.54) is 23.9 Å². The summed E-state index contributed by atoms with van der Waals surface area (Å²) in [5.74, 6) is 0.849. The van der Waals surface area contributed by atoms with Crippen LogP contribution in [-0.4, -0.2) is 25.3 Å². The lowest BCUT2D eigenvalue weighted by molar-refractivity contribution is 0.414. The molecule has 0 amide bonds. The molecule has 0 radical (unpaired) electrons. The summed E-state index contributed by atoms with van der Waals surface area (Å²) in [6.07, 6.45) is 0. The van der Waals surface area contributed by atoms with Gasteiger partial charge in [0.1, 0.15) is 10.6 Å². The Morgan fingerprint density at radius 1 is 1.00 bits per heavy atom. The molecule has 7 heteroatoms. The average Bonchev–Trinajstić information content (AvgIpc) is 3.06. The van der Waals surface area contributed by atoms with Gasteiger partial charge in [-0.2, -0.15) is 18.2 Å². The van der Waals surface area contributed by atoms with Crippen molar-refractivity contribution in [2.75, 3.05) is 7.11 Å². The second-order valence-electron chi connectivity index (χ2n) is 6.02. The van der Waals surface area contributed by atoms with Crippen LogP contribution in [0.1, 0.15) is 25.5 Å². The summed E-state index contributed by atoms with van der Waals surface area (Å²) >= 11 is 0. The normalized spacial score (nSPS) is 11.5.